The zero-order valence-corrected chi connectivity index (χ0v) is 33.8. The number of benzene rings is 4. The van der Waals surface area contributed by atoms with Crippen molar-refractivity contribution in [3.8, 4) is 5.75 Å². The number of hydrogen-bond acceptors (Lipinski definition) is 8. The van der Waals surface area contributed by atoms with Gasteiger partial charge in [0.25, 0.3) is 11.8 Å². The summed E-state index contributed by atoms with van der Waals surface area (Å²) in [6.07, 6.45) is 0. The lowest BCUT2D eigenvalue weighted by molar-refractivity contribution is 0.101. The fourth-order valence-electron chi connectivity index (χ4n) is 4.34. The van der Waals surface area contributed by atoms with Crippen LogP contribution in [0.25, 0.3) is 20.4 Å². The molecule has 0 aliphatic rings. The van der Waals surface area contributed by atoms with Gasteiger partial charge in [-0.3, -0.25) is 20.2 Å². The number of aromatic nitrogens is 2. The molecule has 274 valence electrons. The number of methoxy groups -OCH3 is 2. The van der Waals surface area contributed by atoms with Crippen LogP contribution in [0.15, 0.2) is 84.9 Å². The van der Waals surface area contributed by atoms with Gasteiger partial charge >= 0.3 is 0 Å². The van der Waals surface area contributed by atoms with Gasteiger partial charge in [-0.25, -0.2) is 9.97 Å². The largest absolute Gasteiger partial charge is 0.494 e. The van der Waals surface area contributed by atoms with Crippen LogP contribution in [-0.2, 0) is 11.3 Å². The fraction of sp³-hybridized carbons (Fsp3) is 0.317. The highest BCUT2D eigenvalue weighted by atomic mass is 32.1. The van der Waals surface area contributed by atoms with E-state index >= 15 is 0 Å². The van der Waals surface area contributed by atoms with E-state index in [9.17, 15) is 9.59 Å². The van der Waals surface area contributed by atoms with Gasteiger partial charge in [-0.05, 0) is 55.8 Å². The smallest absolute Gasteiger partial charge is 0.257 e. The summed E-state index contributed by atoms with van der Waals surface area (Å²) in [5.74, 6) is 0.415. The number of carbonyl (C=O) groups excluding carboxylic acids is 2. The first-order valence-corrected chi connectivity index (χ1v) is 19.1. The van der Waals surface area contributed by atoms with Gasteiger partial charge in [0, 0.05) is 23.8 Å². The van der Waals surface area contributed by atoms with Gasteiger partial charge in [-0.1, -0.05) is 132 Å². The van der Waals surface area contributed by atoms with E-state index in [2.05, 4.69) is 20.6 Å². The van der Waals surface area contributed by atoms with Crippen LogP contribution in [0.4, 0.5) is 10.3 Å². The Labute approximate surface area is 312 Å². The lowest BCUT2D eigenvalue weighted by atomic mass is 10.1. The molecule has 0 unspecified atom stereocenters. The molecule has 2 heterocycles. The van der Waals surface area contributed by atoms with E-state index in [1.807, 2.05) is 142 Å². The molecule has 51 heavy (non-hydrogen) atoms. The first-order chi connectivity index (χ1) is 24.9. The molecule has 2 aromatic heterocycles. The van der Waals surface area contributed by atoms with Crippen LogP contribution < -0.4 is 15.4 Å². The SMILES string of the molecule is CC.CC.CC.CC.COCc1cccc2sc(NC(=O)c3ccccc3C)nc12.COc1cccc2sc(NC(=O)c3ccc(C)cc3)nc12. The Hall–Kier alpha value is -4.64. The van der Waals surface area contributed by atoms with Gasteiger partial charge in [0.1, 0.15) is 11.3 Å². The maximum absolute atomic E-state index is 12.4. The highest BCUT2D eigenvalue weighted by molar-refractivity contribution is 7.22. The van der Waals surface area contributed by atoms with Crippen LogP contribution in [0.2, 0.25) is 0 Å². The summed E-state index contributed by atoms with van der Waals surface area (Å²) in [6, 6.07) is 26.6. The van der Waals surface area contributed by atoms with Crippen LogP contribution in [0.1, 0.15) is 92.8 Å². The third-order valence-electron chi connectivity index (χ3n) is 6.55. The number of fused-ring (bicyclic) bond motifs is 2. The number of nitrogens with one attached hydrogen (secondary N) is 2. The minimum Gasteiger partial charge on any atom is -0.494 e. The molecule has 0 atom stereocenters. The molecule has 0 saturated heterocycles. The molecule has 0 aliphatic carbocycles. The molecule has 10 heteroatoms. The summed E-state index contributed by atoms with van der Waals surface area (Å²) >= 11 is 2.90. The number of rotatable bonds is 7. The van der Waals surface area contributed by atoms with Crippen LogP contribution in [0.3, 0.4) is 0 Å². The Morgan fingerprint density at radius 2 is 1.16 bits per heavy atom. The molecule has 2 amide bonds. The summed E-state index contributed by atoms with van der Waals surface area (Å²) in [6.45, 7) is 20.4. The van der Waals surface area contributed by atoms with E-state index in [1.54, 1.807) is 26.4 Å². The van der Waals surface area contributed by atoms with Gasteiger partial charge in [-0.2, -0.15) is 0 Å². The van der Waals surface area contributed by atoms with Crippen molar-refractivity contribution in [2.75, 3.05) is 24.9 Å². The van der Waals surface area contributed by atoms with Gasteiger partial charge in [-0.15, -0.1) is 0 Å². The number of carbonyl (C=O) groups is 2. The Morgan fingerprint density at radius 1 is 0.627 bits per heavy atom. The normalized spacial score (nSPS) is 9.49. The highest BCUT2D eigenvalue weighted by Crippen LogP contribution is 2.32. The van der Waals surface area contributed by atoms with Crippen molar-refractivity contribution in [2.45, 2.75) is 75.8 Å². The van der Waals surface area contributed by atoms with E-state index in [0.717, 1.165) is 37.1 Å². The van der Waals surface area contributed by atoms with Crippen molar-refractivity contribution < 1.29 is 19.1 Å². The first-order valence-electron chi connectivity index (χ1n) is 17.4. The van der Waals surface area contributed by atoms with Gasteiger partial charge in [0.05, 0.1) is 28.6 Å². The van der Waals surface area contributed by atoms with Crippen LogP contribution in [0.5, 0.6) is 5.75 Å². The maximum atomic E-state index is 12.4. The Kier molecular flexibility index (Phi) is 21.3. The maximum Gasteiger partial charge on any atom is 0.257 e. The molecule has 0 bridgehead atoms. The summed E-state index contributed by atoms with van der Waals surface area (Å²) in [5, 5.41) is 6.89. The quantitative estimate of drug-likeness (QED) is 0.169. The summed E-state index contributed by atoms with van der Waals surface area (Å²) in [4.78, 5) is 33.5. The van der Waals surface area contributed by atoms with Crippen LogP contribution in [-0.4, -0.2) is 36.0 Å². The number of hydrogen-bond donors (Lipinski definition) is 2. The minimum absolute atomic E-state index is 0.134. The van der Waals surface area contributed by atoms with E-state index in [1.165, 1.54) is 22.7 Å². The van der Waals surface area contributed by atoms with E-state index < -0.39 is 0 Å². The number of ether oxygens (including phenoxy) is 2. The molecule has 4 aromatic carbocycles. The second-order valence-corrected chi connectivity index (χ2v) is 11.7. The Morgan fingerprint density at radius 3 is 1.73 bits per heavy atom. The van der Waals surface area contributed by atoms with Crippen molar-refractivity contribution in [1.29, 1.82) is 0 Å². The summed E-state index contributed by atoms with van der Waals surface area (Å²) in [7, 11) is 3.27. The molecule has 6 rings (SSSR count). The van der Waals surface area contributed by atoms with Crippen molar-refractivity contribution in [3.05, 3.63) is 113 Å². The lowest BCUT2D eigenvalue weighted by Gasteiger charge is -2.04. The van der Waals surface area contributed by atoms with Crippen molar-refractivity contribution in [1.82, 2.24) is 9.97 Å². The highest BCUT2D eigenvalue weighted by Gasteiger charge is 2.14. The molecule has 0 spiro atoms. The molecule has 0 aliphatic heterocycles. The molecular weight excluding hydrogens is 677 g/mol. The number of amides is 2. The number of aryl methyl sites for hydroxylation is 2. The minimum atomic E-state index is -0.159. The van der Waals surface area contributed by atoms with Crippen LogP contribution in [0, 0.1) is 13.8 Å². The third-order valence-corrected chi connectivity index (χ3v) is 8.42. The zero-order chi connectivity index (χ0) is 38.3. The van der Waals surface area contributed by atoms with Crippen LogP contribution >= 0.6 is 22.7 Å². The zero-order valence-electron chi connectivity index (χ0n) is 32.1. The second kappa shape index (κ2) is 24.5. The number of nitrogens with zero attached hydrogens (tertiary/aromatic N) is 2. The molecule has 0 fully saturated rings. The molecule has 6 aromatic rings. The molecule has 0 radical (unpaired) electrons. The molecular formula is C41H54N4O4S2. The van der Waals surface area contributed by atoms with Gasteiger partial charge in [0.15, 0.2) is 10.3 Å². The van der Waals surface area contributed by atoms with E-state index in [4.69, 9.17) is 9.47 Å². The van der Waals surface area contributed by atoms with E-state index in [-0.39, 0.29) is 11.8 Å². The molecule has 8 nitrogen and oxygen atoms in total. The summed E-state index contributed by atoms with van der Waals surface area (Å²) in [5.41, 5.74) is 6.02. The standard InChI is InChI=1S/C17H16N2O2S.C16H14N2O2S.4C2H6/c1-11-6-3-4-8-13(11)16(20)19-17-18-15-12(10-21-2)7-5-9-14(15)22-17;1-10-6-8-11(9-7-10)15(19)18-16-17-14-12(20-2)4-3-5-13(14)21-16;4*1-2/h3-9H,10H2,1-2H3,(H,18,19,20);3-9H,1-2H3,(H,17,18,19);4*1-2H3. The average molecular weight is 731 g/mol. The average Bonchev–Trinajstić information content (AvgIpc) is 3.79. The van der Waals surface area contributed by atoms with Crippen molar-refractivity contribution in [2.24, 2.45) is 0 Å². The Bertz CT molecular complexity index is 1900. The number of anilines is 2. The fourth-order valence-corrected chi connectivity index (χ4v) is 6.13. The van der Waals surface area contributed by atoms with E-state index in [0.29, 0.717) is 33.7 Å². The molecule has 2 N–H and O–H groups in total. The third kappa shape index (κ3) is 12.9. The van der Waals surface area contributed by atoms with Crippen molar-refractivity contribution >= 4 is 65.2 Å². The first kappa shape index (κ1) is 44.4. The van der Waals surface area contributed by atoms with Gasteiger partial charge in [0.2, 0.25) is 0 Å². The summed E-state index contributed by atoms with van der Waals surface area (Å²) < 4.78 is 12.5. The predicted molar refractivity (Wildman–Crippen MR) is 220 cm³/mol. The van der Waals surface area contributed by atoms with Gasteiger partial charge < -0.3 is 9.47 Å². The lowest BCUT2D eigenvalue weighted by Crippen LogP contribution is -2.12. The number of para-hydroxylation sites is 2. The predicted octanol–water partition coefficient (Wildman–Crippen LogP) is 12.0. The number of thiazole rings is 2. The Balaban J connectivity index is 0.000000427. The second-order valence-electron chi connectivity index (χ2n) is 9.63. The van der Waals surface area contributed by atoms with Crippen molar-refractivity contribution in [3.63, 3.8) is 0 Å². The monoisotopic (exact) mass is 730 g/mol. The molecule has 0 saturated carbocycles. The topological polar surface area (TPSA) is 102 Å².